The minimum atomic E-state index is -0.140. The monoisotopic (exact) mass is 358 g/mol. The third-order valence-corrected chi connectivity index (χ3v) is 5.14. The van der Waals surface area contributed by atoms with Crippen molar-refractivity contribution in [2.75, 3.05) is 10.2 Å². The first kappa shape index (κ1) is 17.3. The first-order valence-corrected chi connectivity index (χ1v) is 9.36. The third kappa shape index (κ3) is 3.31. The van der Waals surface area contributed by atoms with Crippen molar-refractivity contribution in [2.45, 2.75) is 26.2 Å². The standard InChI is InChI=1S/C23H22N2O2/c1-16-9-8-14-19(22(16)26)21-15-20(24-17-10-4-2-5-11-17)23(27)25(21)18-12-6-3-7-13-18/h2-7,10-13,15-16,24H,8-9,14H2,1H3/b21-19+. The normalized spacial score (nSPS) is 22.8. The van der Waals surface area contributed by atoms with Crippen LogP contribution in [0.4, 0.5) is 11.4 Å². The van der Waals surface area contributed by atoms with Crippen LogP contribution in [-0.2, 0) is 9.59 Å². The van der Waals surface area contributed by atoms with E-state index in [0.29, 0.717) is 17.8 Å². The average molecular weight is 358 g/mol. The van der Waals surface area contributed by atoms with Crippen LogP contribution in [0.1, 0.15) is 26.2 Å². The van der Waals surface area contributed by atoms with Crippen molar-refractivity contribution in [3.05, 3.63) is 83.7 Å². The average Bonchev–Trinajstić information content (AvgIpc) is 3.01. The molecule has 0 saturated heterocycles. The maximum Gasteiger partial charge on any atom is 0.279 e. The summed E-state index contributed by atoms with van der Waals surface area (Å²) in [6.45, 7) is 1.97. The van der Waals surface area contributed by atoms with Gasteiger partial charge < -0.3 is 5.32 Å². The van der Waals surface area contributed by atoms with Crippen LogP contribution in [0.25, 0.3) is 0 Å². The smallest absolute Gasteiger partial charge is 0.279 e. The lowest BCUT2D eigenvalue weighted by Gasteiger charge is -2.25. The fourth-order valence-corrected chi connectivity index (χ4v) is 3.71. The Bertz CT molecular complexity index is 929. The maximum absolute atomic E-state index is 13.2. The fraction of sp³-hybridized carbons (Fsp3) is 0.217. The second-order valence-electron chi connectivity index (χ2n) is 7.05. The van der Waals surface area contributed by atoms with Gasteiger partial charge in [0.25, 0.3) is 5.91 Å². The van der Waals surface area contributed by atoms with E-state index < -0.39 is 0 Å². The van der Waals surface area contributed by atoms with E-state index in [-0.39, 0.29) is 17.6 Å². The van der Waals surface area contributed by atoms with Crippen molar-refractivity contribution >= 4 is 23.1 Å². The predicted molar refractivity (Wildman–Crippen MR) is 107 cm³/mol. The number of allylic oxidation sites excluding steroid dienone is 2. The number of ketones is 1. The SMILES string of the molecule is CC1CCC/C(=C2/C=C(Nc3ccccc3)C(=O)N2c2ccccc2)C1=O. The Balaban J connectivity index is 1.79. The fourth-order valence-electron chi connectivity index (χ4n) is 3.71. The zero-order valence-electron chi connectivity index (χ0n) is 15.3. The Hall–Kier alpha value is -3.14. The van der Waals surface area contributed by atoms with Gasteiger partial charge in [0.2, 0.25) is 0 Å². The summed E-state index contributed by atoms with van der Waals surface area (Å²) in [5.41, 5.74) is 3.58. The van der Waals surface area contributed by atoms with Gasteiger partial charge in [-0.05, 0) is 49.6 Å². The number of benzene rings is 2. The molecule has 0 bridgehead atoms. The molecule has 2 aromatic rings. The number of para-hydroxylation sites is 2. The number of carbonyl (C=O) groups excluding carboxylic acids is 2. The van der Waals surface area contributed by atoms with Crippen LogP contribution in [0.3, 0.4) is 0 Å². The number of nitrogens with one attached hydrogen (secondary N) is 1. The lowest BCUT2D eigenvalue weighted by atomic mass is 9.84. The van der Waals surface area contributed by atoms with E-state index in [4.69, 9.17) is 0 Å². The summed E-state index contributed by atoms with van der Waals surface area (Å²) < 4.78 is 0. The van der Waals surface area contributed by atoms with Gasteiger partial charge in [0, 0.05) is 22.9 Å². The molecule has 136 valence electrons. The van der Waals surface area contributed by atoms with E-state index in [1.165, 1.54) is 0 Å². The van der Waals surface area contributed by atoms with Crippen molar-refractivity contribution < 1.29 is 9.59 Å². The summed E-state index contributed by atoms with van der Waals surface area (Å²) in [4.78, 5) is 27.7. The van der Waals surface area contributed by atoms with Crippen molar-refractivity contribution in [1.29, 1.82) is 0 Å². The topological polar surface area (TPSA) is 49.4 Å². The third-order valence-electron chi connectivity index (χ3n) is 5.14. The van der Waals surface area contributed by atoms with Crippen molar-refractivity contribution in [3.8, 4) is 0 Å². The van der Waals surface area contributed by atoms with E-state index in [1.54, 1.807) is 4.90 Å². The molecule has 4 rings (SSSR count). The summed E-state index contributed by atoms with van der Waals surface area (Å²) in [6.07, 6.45) is 4.42. The van der Waals surface area contributed by atoms with Gasteiger partial charge in [-0.3, -0.25) is 14.5 Å². The molecular formula is C23H22N2O2. The number of nitrogens with zero attached hydrogens (tertiary/aromatic N) is 1. The number of carbonyl (C=O) groups is 2. The first-order chi connectivity index (χ1) is 13.1. The molecule has 1 N–H and O–H groups in total. The van der Waals surface area contributed by atoms with E-state index in [0.717, 1.165) is 29.8 Å². The van der Waals surface area contributed by atoms with E-state index in [9.17, 15) is 9.59 Å². The summed E-state index contributed by atoms with van der Waals surface area (Å²) in [6, 6.07) is 19.1. The van der Waals surface area contributed by atoms with Crippen LogP contribution >= 0.6 is 0 Å². The molecule has 4 nitrogen and oxygen atoms in total. The van der Waals surface area contributed by atoms with Gasteiger partial charge in [-0.15, -0.1) is 0 Å². The number of hydrogen-bond donors (Lipinski definition) is 1. The van der Waals surface area contributed by atoms with Crippen molar-refractivity contribution in [2.24, 2.45) is 5.92 Å². The summed E-state index contributed by atoms with van der Waals surface area (Å²) >= 11 is 0. The van der Waals surface area contributed by atoms with Gasteiger partial charge >= 0.3 is 0 Å². The second kappa shape index (κ2) is 7.23. The summed E-state index contributed by atoms with van der Waals surface area (Å²) in [5.74, 6) is 0.0225. The molecule has 1 aliphatic heterocycles. The molecule has 1 heterocycles. The molecule has 1 atom stereocenters. The highest BCUT2D eigenvalue weighted by molar-refractivity contribution is 6.15. The molecule has 2 aromatic carbocycles. The molecule has 1 amide bonds. The molecule has 0 spiro atoms. The molecule has 1 unspecified atom stereocenters. The minimum Gasteiger partial charge on any atom is -0.351 e. The largest absolute Gasteiger partial charge is 0.351 e. The molecule has 27 heavy (non-hydrogen) atoms. The van der Waals surface area contributed by atoms with Gasteiger partial charge in [0.1, 0.15) is 5.70 Å². The quantitative estimate of drug-likeness (QED) is 0.811. The summed E-state index contributed by atoms with van der Waals surface area (Å²) in [7, 11) is 0. The van der Waals surface area contributed by atoms with Gasteiger partial charge in [-0.25, -0.2) is 0 Å². The van der Waals surface area contributed by atoms with Crippen LogP contribution in [0, 0.1) is 5.92 Å². The molecule has 1 fully saturated rings. The van der Waals surface area contributed by atoms with Crippen LogP contribution in [0.15, 0.2) is 83.7 Å². The number of rotatable bonds is 3. The van der Waals surface area contributed by atoms with E-state index >= 15 is 0 Å². The van der Waals surface area contributed by atoms with Crippen LogP contribution < -0.4 is 10.2 Å². The molecule has 0 aromatic heterocycles. The Morgan fingerprint density at radius 3 is 2.33 bits per heavy atom. The second-order valence-corrected chi connectivity index (χ2v) is 7.05. The number of Topliss-reactive ketones (excluding diaryl/α,β-unsaturated/α-hetero) is 1. The Kier molecular flexibility index (Phi) is 4.63. The van der Waals surface area contributed by atoms with Gasteiger partial charge in [0.15, 0.2) is 5.78 Å². The highest BCUT2D eigenvalue weighted by atomic mass is 16.2. The van der Waals surface area contributed by atoms with Crippen molar-refractivity contribution in [1.82, 2.24) is 0 Å². The van der Waals surface area contributed by atoms with Gasteiger partial charge in [-0.1, -0.05) is 43.3 Å². The van der Waals surface area contributed by atoms with Crippen LogP contribution in [-0.4, -0.2) is 11.7 Å². The highest BCUT2D eigenvalue weighted by Gasteiger charge is 2.35. The molecule has 0 radical (unpaired) electrons. The van der Waals surface area contributed by atoms with Crippen molar-refractivity contribution in [3.63, 3.8) is 0 Å². The Morgan fingerprint density at radius 2 is 1.63 bits per heavy atom. The first-order valence-electron chi connectivity index (χ1n) is 9.36. The van der Waals surface area contributed by atoms with E-state index in [2.05, 4.69) is 5.32 Å². The lowest BCUT2D eigenvalue weighted by molar-refractivity contribution is -0.120. The van der Waals surface area contributed by atoms with Gasteiger partial charge in [-0.2, -0.15) is 0 Å². The molecule has 2 aliphatic rings. The zero-order chi connectivity index (χ0) is 18.8. The Morgan fingerprint density at radius 1 is 0.963 bits per heavy atom. The molecule has 1 aliphatic carbocycles. The number of amides is 1. The number of hydrogen-bond acceptors (Lipinski definition) is 3. The maximum atomic E-state index is 13.2. The lowest BCUT2D eigenvalue weighted by Crippen LogP contribution is -2.30. The Labute approximate surface area is 159 Å². The molecule has 4 heteroatoms. The summed E-state index contributed by atoms with van der Waals surface area (Å²) in [5, 5.41) is 3.21. The molecule has 1 saturated carbocycles. The van der Waals surface area contributed by atoms with Gasteiger partial charge in [0.05, 0.1) is 5.70 Å². The van der Waals surface area contributed by atoms with E-state index in [1.807, 2.05) is 73.7 Å². The minimum absolute atomic E-state index is 0.00788. The van der Waals surface area contributed by atoms with Crippen LogP contribution in [0.5, 0.6) is 0 Å². The predicted octanol–water partition coefficient (Wildman–Crippen LogP) is 4.67. The van der Waals surface area contributed by atoms with Crippen LogP contribution in [0.2, 0.25) is 0 Å². The molecular weight excluding hydrogens is 336 g/mol. The number of anilines is 2. The zero-order valence-corrected chi connectivity index (χ0v) is 15.3. The highest BCUT2D eigenvalue weighted by Crippen LogP contribution is 2.36.